The zero-order valence-corrected chi connectivity index (χ0v) is 15.9. The third-order valence-electron chi connectivity index (χ3n) is 4.90. The molecule has 2 aliphatic heterocycles. The van der Waals surface area contributed by atoms with Crippen molar-refractivity contribution in [3.05, 3.63) is 68.4 Å². The standard InChI is InChI=1S/C19H18ClN5O3/c1-23-5-4-12(7-23)2-3-17(26)24-8-13-10-25(11-14(13)9-24)19(28)15-6-16(20)21-22-18(15)27/h2-7H,8-11H2,1H3,(H,22,27)/b3-2+. The van der Waals surface area contributed by atoms with E-state index in [9.17, 15) is 14.4 Å². The second-order valence-corrected chi connectivity index (χ2v) is 7.33. The van der Waals surface area contributed by atoms with Crippen molar-refractivity contribution in [1.29, 1.82) is 0 Å². The van der Waals surface area contributed by atoms with E-state index in [0.29, 0.717) is 26.2 Å². The lowest BCUT2D eigenvalue weighted by atomic mass is 10.2. The van der Waals surface area contributed by atoms with Gasteiger partial charge in [0.25, 0.3) is 11.5 Å². The van der Waals surface area contributed by atoms with Crippen LogP contribution in [-0.2, 0) is 11.8 Å². The molecule has 28 heavy (non-hydrogen) atoms. The van der Waals surface area contributed by atoms with E-state index in [1.807, 2.05) is 30.1 Å². The van der Waals surface area contributed by atoms with Crippen molar-refractivity contribution in [2.45, 2.75) is 0 Å². The molecule has 4 heterocycles. The largest absolute Gasteiger partial charge is 0.357 e. The normalized spacial score (nSPS) is 16.4. The Labute approximate surface area is 165 Å². The molecule has 0 fully saturated rings. The molecule has 0 bridgehead atoms. The van der Waals surface area contributed by atoms with Crippen LogP contribution >= 0.6 is 11.6 Å². The van der Waals surface area contributed by atoms with Gasteiger partial charge in [0.2, 0.25) is 5.91 Å². The van der Waals surface area contributed by atoms with Crippen molar-refractivity contribution in [3.63, 3.8) is 0 Å². The number of carbonyl (C=O) groups excluding carboxylic acids is 2. The van der Waals surface area contributed by atoms with E-state index < -0.39 is 5.56 Å². The summed E-state index contributed by atoms with van der Waals surface area (Å²) in [7, 11) is 1.93. The van der Waals surface area contributed by atoms with Crippen molar-refractivity contribution >= 4 is 29.5 Å². The second-order valence-electron chi connectivity index (χ2n) is 6.94. The molecule has 9 heteroatoms. The molecule has 0 aromatic carbocycles. The highest BCUT2D eigenvalue weighted by Crippen LogP contribution is 2.26. The van der Waals surface area contributed by atoms with E-state index in [0.717, 1.165) is 16.7 Å². The summed E-state index contributed by atoms with van der Waals surface area (Å²) in [6.07, 6.45) is 7.21. The number of rotatable bonds is 3. The Bertz CT molecular complexity index is 1060. The predicted molar refractivity (Wildman–Crippen MR) is 104 cm³/mol. The number of carbonyl (C=O) groups is 2. The number of aromatic nitrogens is 3. The fourth-order valence-electron chi connectivity index (χ4n) is 3.49. The number of nitrogens with zero attached hydrogens (tertiary/aromatic N) is 4. The third-order valence-corrected chi connectivity index (χ3v) is 5.10. The van der Waals surface area contributed by atoms with Gasteiger partial charge in [-0.2, -0.15) is 5.10 Å². The minimum absolute atomic E-state index is 0.0279. The summed E-state index contributed by atoms with van der Waals surface area (Å²) in [6.45, 7) is 1.79. The maximum absolute atomic E-state index is 12.6. The number of hydrogen-bond donors (Lipinski definition) is 1. The molecule has 0 saturated carbocycles. The first-order valence-corrected chi connectivity index (χ1v) is 9.12. The van der Waals surface area contributed by atoms with Gasteiger partial charge in [0.05, 0.1) is 0 Å². The summed E-state index contributed by atoms with van der Waals surface area (Å²) < 4.78 is 1.92. The summed E-state index contributed by atoms with van der Waals surface area (Å²) in [5, 5.41) is 5.84. The van der Waals surface area contributed by atoms with Crippen LogP contribution in [0.25, 0.3) is 6.08 Å². The van der Waals surface area contributed by atoms with Gasteiger partial charge in [-0.25, -0.2) is 5.10 Å². The molecule has 2 aliphatic rings. The van der Waals surface area contributed by atoms with Gasteiger partial charge in [-0.15, -0.1) is 0 Å². The fourth-order valence-corrected chi connectivity index (χ4v) is 3.64. The summed E-state index contributed by atoms with van der Waals surface area (Å²) >= 11 is 5.78. The minimum Gasteiger partial charge on any atom is -0.357 e. The van der Waals surface area contributed by atoms with Crippen LogP contribution in [0.1, 0.15) is 15.9 Å². The summed E-state index contributed by atoms with van der Waals surface area (Å²) in [6, 6.07) is 3.21. The van der Waals surface area contributed by atoms with Gasteiger partial charge >= 0.3 is 0 Å². The minimum atomic E-state index is -0.565. The molecule has 0 saturated heterocycles. The summed E-state index contributed by atoms with van der Waals surface area (Å²) in [5.74, 6) is -0.449. The number of hydrogen-bond acceptors (Lipinski definition) is 4. The smallest absolute Gasteiger partial charge is 0.277 e. The average molecular weight is 400 g/mol. The van der Waals surface area contributed by atoms with Gasteiger partial charge in [-0.3, -0.25) is 14.4 Å². The molecule has 0 atom stereocenters. The molecule has 2 amide bonds. The van der Waals surface area contributed by atoms with Gasteiger partial charge in [0.1, 0.15) is 10.7 Å². The van der Waals surface area contributed by atoms with Gasteiger partial charge in [-0.1, -0.05) is 11.6 Å². The third kappa shape index (κ3) is 3.50. The van der Waals surface area contributed by atoms with Crippen LogP contribution in [0.3, 0.4) is 0 Å². The van der Waals surface area contributed by atoms with Crippen molar-refractivity contribution in [2.24, 2.45) is 7.05 Å². The van der Waals surface area contributed by atoms with Crippen LogP contribution in [0, 0.1) is 0 Å². The molecular formula is C19H18ClN5O3. The van der Waals surface area contributed by atoms with E-state index >= 15 is 0 Å². The van der Waals surface area contributed by atoms with Crippen LogP contribution in [0.2, 0.25) is 5.15 Å². The lowest BCUT2D eigenvalue weighted by Gasteiger charge is -2.22. The van der Waals surface area contributed by atoms with Crippen LogP contribution in [0.15, 0.2) is 46.5 Å². The molecule has 1 N–H and O–H groups in total. The lowest BCUT2D eigenvalue weighted by molar-refractivity contribution is -0.124. The predicted octanol–water partition coefficient (Wildman–Crippen LogP) is 1.07. The van der Waals surface area contributed by atoms with Gasteiger partial charge < -0.3 is 14.4 Å². The maximum atomic E-state index is 12.6. The molecule has 0 spiro atoms. The zero-order valence-electron chi connectivity index (χ0n) is 15.2. The summed E-state index contributed by atoms with van der Waals surface area (Å²) in [5.41, 5.74) is 2.47. The highest BCUT2D eigenvalue weighted by molar-refractivity contribution is 6.29. The first-order chi connectivity index (χ1) is 13.4. The van der Waals surface area contributed by atoms with E-state index in [-0.39, 0.29) is 22.5 Å². The first-order valence-electron chi connectivity index (χ1n) is 8.74. The van der Waals surface area contributed by atoms with Gasteiger partial charge in [0.15, 0.2) is 0 Å². The summed E-state index contributed by atoms with van der Waals surface area (Å²) in [4.78, 5) is 40.3. The Hall–Kier alpha value is -3.13. The molecule has 2 aromatic heterocycles. The lowest BCUT2D eigenvalue weighted by Crippen LogP contribution is -2.37. The Morgan fingerprint density at radius 3 is 2.50 bits per heavy atom. The number of amides is 2. The molecule has 8 nitrogen and oxygen atoms in total. The number of aromatic amines is 1. The molecule has 0 aliphatic carbocycles. The van der Waals surface area contributed by atoms with Crippen LogP contribution < -0.4 is 5.56 Å². The molecular weight excluding hydrogens is 382 g/mol. The maximum Gasteiger partial charge on any atom is 0.277 e. The van der Waals surface area contributed by atoms with Crippen molar-refractivity contribution in [2.75, 3.05) is 26.2 Å². The Kier molecular flexibility index (Phi) is 4.64. The van der Waals surface area contributed by atoms with Crippen molar-refractivity contribution in [1.82, 2.24) is 24.6 Å². The fraction of sp³-hybridized carbons (Fsp3) is 0.263. The number of nitrogens with one attached hydrogen (secondary N) is 1. The first kappa shape index (κ1) is 18.2. The van der Waals surface area contributed by atoms with E-state index in [2.05, 4.69) is 10.2 Å². The Morgan fingerprint density at radius 1 is 1.18 bits per heavy atom. The van der Waals surface area contributed by atoms with Gasteiger partial charge in [0, 0.05) is 51.7 Å². The monoisotopic (exact) mass is 399 g/mol. The Morgan fingerprint density at radius 2 is 1.86 bits per heavy atom. The van der Waals surface area contributed by atoms with E-state index in [1.54, 1.807) is 22.0 Å². The SMILES string of the molecule is Cn1ccc(/C=C/C(=O)N2CC3=C(C2)CN(C(=O)c2cc(Cl)n[nH]c2=O)C3)c1. The number of aryl methyl sites for hydroxylation is 1. The number of H-pyrrole nitrogens is 1. The van der Waals surface area contributed by atoms with E-state index in [1.165, 1.54) is 6.07 Å². The van der Waals surface area contributed by atoms with Crippen molar-refractivity contribution in [3.8, 4) is 0 Å². The van der Waals surface area contributed by atoms with Gasteiger partial charge in [-0.05, 0) is 34.9 Å². The average Bonchev–Trinajstić information content (AvgIpc) is 3.35. The van der Waals surface area contributed by atoms with Crippen LogP contribution in [-0.4, -0.2) is 62.6 Å². The molecule has 0 radical (unpaired) electrons. The van der Waals surface area contributed by atoms with Crippen molar-refractivity contribution < 1.29 is 9.59 Å². The van der Waals surface area contributed by atoms with Crippen LogP contribution in [0.5, 0.6) is 0 Å². The molecule has 0 unspecified atom stereocenters. The number of halogens is 1. The van der Waals surface area contributed by atoms with Crippen LogP contribution in [0.4, 0.5) is 0 Å². The highest BCUT2D eigenvalue weighted by atomic mass is 35.5. The topological polar surface area (TPSA) is 91.3 Å². The highest BCUT2D eigenvalue weighted by Gasteiger charge is 2.34. The molecule has 4 rings (SSSR count). The second kappa shape index (κ2) is 7.12. The van der Waals surface area contributed by atoms with E-state index in [4.69, 9.17) is 11.6 Å². The quantitative estimate of drug-likeness (QED) is 0.617. The Balaban J connectivity index is 1.37. The zero-order chi connectivity index (χ0) is 19.8. The molecule has 144 valence electrons. The molecule has 2 aromatic rings.